The molecule has 1 aromatic carbocycles. The largest absolute Gasteiger partial charge is 0.493 e. The van der Waals surface area contributed by atoms with E-state index in [2.05, 4.69) is 16.7 Å². The molecule has 1 aliphatic heterocycles. The summed E-state index contributed by atoms with van der Waals surface area (Å²) in [5.74, 6) is 2.49. The van der Waals surface area contributed by atoms with Crippen LogP contribution in [-0.4, -0.2) is 30.8 Å². The fourth-order valence-corrected chi connectivity index (χ4v) is 4.25. The topological polar surface area (TPSA) is 79.0 Å². The van der Waals surface area contributed by atoms with Crippen LogP contribution in [0, 0.1) is 0 Å². The Balaban J connectivity index is 1.48. The van der Waals surface area contributed by atoms with Crippen LogP contribution in [0.1, 0.15) is 36.3 Å². The first-order valence-corrected chi connectivity index (χ1v) is 11.1. The number of rotatable bonds is 7. The monoisotopic (exact) mass is 425 g/mol. The van der Waals surface area contributed by atoms with Crippen molar-refractivity contribution in [2.75, 3.05) is 19.7 Å². The molecule has 1 aliphatic rings. The van der Waals surface area contributed by atoms with Gasteiger partial charge in [0.05, 0.1) is 25.5 Å². The second-order valence-electron chi connectivity index (χ2n) is 7.58. The Bertz CT molecular complexity index is 952. The zero-order valence-electron chi connectivity index (χ0n) is 17.0. The molecule has 158 valence electrons. The van der Waals surface area contributed by atoms with Gasteiger partial charge in [-0.05, 0) is 47.5 Å². The van der Waals surface area contributed by atoms with Gasteiger partial charge in [-0.2, -0.15) is 11.3 Å². The van der Waals surface area contributed by atoms with Gasteiger partial charge >= 0.3 is 0 Å². The van der Waals surface area contributed by atoms with E-state index in [1.807, 2.05) is 47.2 Å². The Labute approximate surface area is 180 Å². The molecule has 30 heavy (non-hydrogen) atoms. The molecule has 0 bridgehead atoms. The highest BCUT2D eigenvalue weighted by Gasteiger charge is 2.25. The van der Waals surface area contributed by atoms with Crippen LogP contribution in [0.25, 0.3) is 0 Å². The lowest BCUT2D eigenvalue weighted by Crippen LogP contribution is -2.42. The van der Waals surface area contributed by atoms with Gasteiger partial charge in [0.15, 0.2) is 5.96 Å². The third-order valence-electron chi connectivity index (χ3n) is 5.20. The second-order valence-corrected chi connectivity index (χ2v) is 8.36. The maximum absolute atomic E-state index is 10.9. The molecule has 3 aromatic rings. The minimum atomic E-state index is -1.02. The minimum absolute atomic E-state index is 0.0934. The van der Waals surface area contributed by atoms with E-state index in [-0.39, 0.29) is 12.6 Å². The SMILES string of the molecule is CC(O)(CN=C(NCCc1ccco1)NC1CCOc2ccccc21)c1ccsc1. The number of hydrogen-bond acceptors (Lipinski definition) is 5. The van der Waals surface area contributed by atoms with E-state index in [9.17, 15) is 5.11 Å². The number of para-hydroxylation sites is 1. The van der Waals surface area contributed by atoms with Gasteiger partial charge in [0.2, 0.25) is 0 Å². The normalized spacial score (nSPS) is 18.2. The number of nitrogens with zero attached hydrogens (tertiary/aromatic N) is 1. The van der Waals surface area contributed by atoms with Crippen molar-refractivity contribution in [3.05, 3.63) is 76.4 Å². The van der Waals surface area contributed by atoms with E-state index in [1.165, 1.54) is 0 Å². The molecule has 6 nitrogen and oxygen atoms in total. The van der Waals surface area contributed by atoms with Crippen molar-refractivity contribution in [3.8, 4) is 5.75 Å². The molecule has 2 aromatic heterocycles. The fraction of sp³-hybridized carbons (Fsp3) is 0.348. The molecule has 0 spiro atoms. The summed E-state index contributed by atoms with van der Waals surface area (Å²) in [6.45, 7) is 3.37. The van der Waals surface area contributed by atoms with E-state index in [0.717, 1.165) is 35.5 Å². The van der Waals surface area contributed by atoms with Gasteiger partial charge in [-0.3, -0.25) is 0 Å². The predicted octanol–water partition coefficient (Wildman–Crippen LogP) is 3.85. The summed E-state index contributed by atoms with van der Waals surface area (Å²) < 4.78 is 11.2. The molecule has 3 heterocycles. The molecule has 2 unspecified atom stereocenters. The van der Waals surface area contributed by atoms with Crippen LogP contribution in [0.2, 0.25) is 0 Å². The molecular weight excluding hydrogens is 398 g/mol. The lowest BCUT2D eigenvalue weighted by atomic mass is 9.99. The lowest BCUT2D eigenvalue weighted by Gasteiger charge is -2.28. The Hall–Kier alpha value is -2.77. The Morgan fingerprint density at radius 3 is 2.97 bits per heavy atom. The van der Waals surface area contributed by atoms with Gasteiger partial charge in [-0.1, -0.05) is 18.2 Å². The lowest BCUT2D eigenvalue weighted by molar-refractivity contribution is 0.0676. The zero-order valence-corrected chi connectivity index (χ0v) is 17.8. The number of nitrogens with one attached hydrogen (secondary N) is 2. The highest BCUT2D eigenvalue weighted by molar-refractivity contribution is 7.08. The Kier molecular flexibility index (Phi) is 6.40. The average Bonchev–Trinajstić information content (AvgIpc) is 3.47. The molecule has 0 fully saturated rings. The number of fused-ring (bicyclic) bond motifs is 1. The van der Waals surface area contributed by atoms with Gasteiger partial charge in [0, 0.05) is 24.9 Å². The van der Waals surface area contributed by atoms with E-state index in [0.29, 0.717) is 19.1 Å². The quantitative estimate of drug-likeness (QED) is 0.396. The molecule has 3 N–H and O–H groups in total. The number of hydrogen-bond donors (Lipinski definition) is 3. The first kappa shape index (κ1) is 20.5. The van der Waals surface area contributed by atoms with E-state index < -0.39 is 5.60 Å². The number of ether oxygens (including phenoxy) is 1. The van der Waals surface area contributed by atoms with Gasteiger partial charge in [-0.15, -0.1) is 0 Å². The van der Waals surface area contributed by atoms with Gasteiger partial charge < -0.3 is 24.9 Å². The van der Waals surface area contributed by atoms with Crippen molar-refractivity contribution < 1.29 is 14.3 Å². The summed E-state index contributed by atoms with van der Waals surface area (Å²) in [7, 11) is 0. The van der Waals surface area contributed by atoms with Gasteiger partial charge in [0.25, 0.3) is 0 Å². The Morgan fingerprint density at radius 2 is 2.17 bits per heavy atom. The van der Waals surface area contributed by atoms with Crippen LogP contribution in [0.4, 0.5) is 0 Å². The molecule has 4 rings (SSSR count). The van der Waals surface area contributed by atoms with Gasteiger partial charge in [0.1, 0.15) is 17.1 Å². The summed E-state index contributed by atoms with van der Waals surface area (Å²) in [6.07, 6.45) is 3.27. The van der Waals surface area contributed by atoms with Crippen LogP contribution in [0.15, 0.2) is 68.9 Å². The third kappa shape index (κ3) is 5.04. The number of thiophene rings is 1. The summed E-state index contributed by atoms with van der Waals surface area (Å²) in [4.78, 5) is 4.71. The number of aliphatic hydroxyl groups is 1. The third-order valence-corrected chi connectivity index (χ3v) is 5.88. The number of benzene rings is 1. The fourth-order valence-electron chi connectivity index (χ4n) is 3.46. The number of aliphatic imine (C=N–C) groups is 1. The summed E-state index contributed by atoms with van der Waals surface area (Å²) in [5.41, 5.74) is 0.972. The molecule has 0 saturated heterocycles. The molecule has 2 atom stereocenters. The standard InChI is InChI=1S/C23H27N3O3S/c1-23(27,17-10-14-30-15-17)16-25-22(24-11-8-18-5-4-12-28-18)26-20-9-13-29-21-7-3-2-6-19(20)21/h2-7,10,12,14-15,20,27H,8-9,11,13,16H2,1H3,(H2,24,25,26). The van der Waals surface area contributed by atoms with E-state index in [4.69, 9.17) is 14.1 Å². The van der Waals surface area contributed by atoms with Crippen molar-refractivity contribution in [2.45, 2.75) is 31.4 Å². The molecule has 0 aliphatic carbocycles. The van der Waals surface area contributed by atoms with Crippen LogP contribution in [0.5, 0.6) is 5.75 Å². The van der Waals surface area contributed by atoms with Crippen molar-refractivity contribution in [1.82, 2.24) is 10.6 Å². The van der Waals surface area contributed by atoms with Crippen molar-refractivity contribution >= 4 is 17.3 Å². The number of furan rings is 1. The molecule has 0 saturated carbocycles. The maximum atomic E-state index is 10.9. The highest BCUT2D eigenvalue weighted by atomic mass is 32.1. The van der Waals surface area contributed by atoms with Crippen LogP contribution in [0.3, 0.4) is 0 Å². The van der Waals surface area contributed by atoms with Crippen LogP contribution in [-0.2, 0) is 12.0 Å². The maximum Gasteiger partial charge on any atom is 0.191 e. The van der Waals surface area contributed by atoms with Crippen LogP contribution < -0.4 is 15.4 Å². The summed E-state index contributed by atoms with van der Waals surface area (Å²) >= 11 is 1.57. The Morgan fingerprint density at radius 1 is 1.27 bits per heavy atom. The highest BCUT2D eigenvalue weighted by Crippen LogP contribution is 2.31. The smallest absolute Gasteiger partial charge is 0.191 e. The van der Waals surface area contributed by atoms with Gasteiger partial charge in [-0.25, -0.2) is 4.99 Å². The van der Waals surface area contributed by atoms with Crippen LogP contribution >= 0.6 is 11.3 Å². The first-order valence-electron chi connectivity index (χ1n) is 10.2. The van der Waals surface area contributed by atoms with E-state index >= 15 is 0 Å². The van der Waals surface area contributed by atoms with E-state index in [1.54, 1.807) is 24.5 Å². The minimum Gasteiger partial charge on any atom is -0.493 e. The van der Waals surface area contributed by atoms with Crippen molar-refractivity contribution in [2.24, 2.45) is 4.99 Å². The molecule has 7 heteroatoms. The average molecular weight is 426 g/mol. The van der Waals surface area contributed by atoms with Crippen molar-refractivity contribution in [3.63, 3.8) is 0 Å². The molecule has 0 radical (unpaired) electrons. The first-order chi connectivity index (χ1) is 14.6. The molecular formula is C23H27N3O3S. The summed E-state index contributed by atoms with van der Waals surface area (Å²) in [6, 6.07) is 13.9. The second kappa shape index (κ2) is 9.36. The summed E-state index contributed by atoms with van der Waals surface area (Å²) in [5, 5.41) is 21.7. The predicted molar refractivity (Wildman–Crippen MR) is 119 cm³/mol. The molecule has 0 amide bonds. The zero-order chi connectivity index (χ0) is 20.8. The number of guanidine groups is 1. The van der Waals surface area contributed by atoms with Crippen molar-refractivity contribution in [1.29, 1.82) is 0 Å².